The zero-order chi connectivity index (χ0) is 12.3. The van der Waals surface area contributed by atoms with E-state index >= 15 is 0 Å². The lowest BCUT2D eigenvalue weighted by Crippen LogP contribution is -2.16. The number of aromatic nitrogens is 2. The summed E-state index contributed by atoms with van der Waals surface area (Å²) >= 11 is 0. The molecule has 1 aromatic heterocycles. The molecule has 0 N–H and O–H groups in total. The number of ether oxygens (including phenoxy) is 1. The lowest BCUT2D eigenvalue weighted by molar-refractivity contribution is 0.196. The minimum Gasteiger partial charge on any atom is -0.477 e. The molecule has 0 spiro atoms. The van der Waals surface area contributed by atoms with Crippen molar-refractivity contribution in [2.75, 3.05) is 6.61 Å². The highest BCUT2D eigenvalue weighted by molar-refractivity contribution is 5.41. The molecular formula is C13H19N3O. The van der Waals surface area contributed by atoms with Gasteiger partial charge in [0.05, 0.1) is 12.3 Å². The highest BCUT2D eigenvalue weighted by Gasteiger charge is 2.18. The van der Waals surface area contributed by atoms with E-state index in [0.717, 1.165) is 5.69 Å². The Kier molecular flexibility index (Phi) is 3.68. The zero-order valence-electron chi connectivity index (χ0n) is 10.6. The Morgan fingerprint density at radius 2 is 2.12 bits per heavy atom. The Balaban J connectivity index is 2.01. The molecule has 0 radical (unpaired) electrons. The third-order valence-corrected chi connectivity index (χ3v) is 3.46. The molecule has 1 saturated carbocycles. The standard InChI is InChI=1S/C13H19N3O/c1-10-12(8-14)13(16(2)15-10)17-9-11-6-4-3-5-7-11/h11H,3-7,9H2,1-2H3. The Morgan fingerprint density at radius 1 is 1.41 bits per heavy atom. The van der Waals surface area contributed by atoms with Crippen LogP contribution in [0.25, 0.3) is 0 Å². The van der Waals surface area contributed by atoms with Crippen molar-refractivity contribution in [3.63, 3.8) is 0 Å². The van der Waals surface area contributed by atoms with Crippen LogP contribution in [-0.2, 0) is 7.05 Å². The van der Waals surface area contributed by atoms with Crippen LogP contribution in [0, 0.1) is 24.2 Å². The molecule has 92 valence electrons. The number of nitrogens with zero attached hydrogens (tertiary/aromatic N) is 3. The lowest BCUT2D eigenvalue weighted by atomic mass is 9.90. The van der Waals surface area contributed by atoms with Gasteiger partial charge in [0.15, 0.2) is 0 Å². The Bertz CT molecular complexity index is 425. The van der Waals surface area contributed by atoms with Gasteiger partial charge in [0, 0.05) is 7.05 Å². The molecule has 1 aromatic rings. The third-order valence-electron chi connectivity index (χ3n) is 3.46. The molecular weight excluding hydrogens is 214 g/mol. The molecule has 1 aliphatic rings. The van der Waals surface area contributed by atoms with Gasteiger partial charge >= 0.3 is 0 Å². The number of aryl methyl sites for hydroxylation is 2. The van der Waals surface area contributed by atoms with Crippen molar-refractivity contribution in [2.45, 2.75) is 39.0 Å². The van der Waals surface area contributed by atoms with Crippen LogP contribution in [0.2, 0.25) is 0 Å². The van der Waals surface area contributed by atoms with E-state index in [0.29, 0.717) is 24.0 Å². The van der Waals surface area contributed by atoms with Crippen molar-refractivity contribution in [3.8, 4) is 11.9 Å². The van der Waals surface area contributed by atoms with Gasteiger partial charge in [-0.2, -0.15) is 10.4 Å². The maximum atomic E-state index is 9.07. The predicted octanol–water partition coefficient (Wildman–Crippen LogP) is 2.56. The maximum absolute atomic E-state index is 9.07. The fraction of sp³-hybridized carbons (Fsp3) is 0.692. The van der Waals surface area contributed by atoms with Crippen molar-refractivity contribution >= 4 is 0 Å². The molecule has 1 heterocycles. The minimum atomic E-state index is 0.573. The molecule has 4 heteroatoms. The summed E-state index contributed by atoms with van der Waals surface area (Å²) in [5.41, 5.74) is 1.32. The van der Waals surface area contributed by atoms with Gasteiger partial charge in [0.25, 0.3) is 0 Å². The second kappa shape index (κ2) is 5.22. The molecule has 0 atom stereocenters. The summed E-state index contributed by atoms with van der Waals surface area (Å²) in [7, 11) is 1.82. The molecule has 4 nitrogen and oxygen atoms in total. The Labute approximate surface area is 102 Å². The molecule has 0 aliphatic heterocycles. The Morgan fingerprint density at radius 3 is 2.76 bits per heavy atom. The monoisotopic (exact) mass is 233 g/mol. The molecule has 1 fully saturated rings. The lowest BCUT2D eigenvalue weighted by Gasteiger charge is -2.21. The van der Waals surface area contributed by atoms with E-state index in [-0.39, 0.29) is 0 Å². The fourth-order valence-electron chi connectivity index (χ4n) is 2.48. The minimum absolute atomic E-state index is 0.573. The number of rotatable bonds is 3. The first kappa shape index (κ1) is 12.0. The van der Waals surface area contributed by atoms with E-state index in [1.54, 1.807) is 4.68 Å². The summed E-state index contributed by atoms with van der Waals surface area (Å²) < 4.78 is 7.46. The molecule has 17 heavy (non-hydrogen) atoms. The summed E-state index contributed by atoms with van der Waals surface area (Å²) in [4.78, 5) is 0. The highest BCUT2D eigenvalue weighted by Crippen LogP contribution is 2.26. The van der Waals surface area contributed by atoms with E-state index < -0.39 is 0 Å². The normalized spacial score (nSPS) is 16.8. The van der Waals surface area contributed by atoms with Gasteiger partial charge in [-0.3, -0.25) is 0 Å². The van der Waals surface area contributed by atoms with Crippen LogP contribution in [-0.4, -0.2) is 16.4 Å². The third kappa shape index (κ3) is 2.60. The molecule has 2 rings (SSSR count). The van der Waals surface area contributed by atoms with E-state index in [2.05, 4.69) is 11.2 Å². The summed E-state index contributed by atoms with van der Waals surface area (Å²) in [6, 6.07) is 2.16. The zero-order valence-corrected chi connectivity index (χ0v) is 10.6. The molecule has 1 aliphatic carbocycles. The number of hydrogen-bond acceptors (Lipinski definition) is 3. The van der Waals surface area contributed by atoms with Crippen LogP contribution in [0.15, 0.2) is 0 Å². The van der Waals surface area contributed by atoms with E-state index in [9.17, 15) is 0 Å². The van der Waals surface area contributed by atoms with Crippen molar-refractivity contribution in [2.24, 2.45) is 13.0 Å². The summed E-state index contributed by atoms with van der Waals surface area (Å²) in [6.07, 6.45) is 6.47. The maximum Gasteiger partial charge on any atom is 0.230 e. The van der Waals surface area contributed by atoms with Crippen LogP contribution >= 0.6 is 0 Å². The number of hydrogen-bond donors (Lipinski definition) is 0. The SMILES string of the molecule is Cc1nn(C)c(OCC2CCCCC2)c1C#N. The van der Waals surface area contributed by atoms with Crippen LogP contribution in [0.1, 0.15) is 43.4 Å². The van der Waals surface area contributed by atoms with E-state index in [1.807, 2.05) is 14.0 Å². The van der Waals surface area contributed by atoms with Crippen molar-refractivity contribution in [1.82, 2.24) is 9.78 Å². The molecule has 0 unspecified atom stereocenters. The second-order valence-corrected chi connectivity index (χ2v) is 4.82. The smallest absolute Gasteiger partial charge is 0.230 e. The Hall–Kier alpha value is -1.50. The fourth-order valence-corrected chi connectivity index (χ4v) is 2.48. The van der Waals surface area contributed by atoms with Crippen LogP contribution in [0.5, 0.6) is 5.88 Å². The predicted molar refractivity (Wildman–Crippen MR) is 64.7 cm³/mol. The molecule has 0 bridgehead atoms. The largest absolute Gasteiger partial charge is 0.477 e. The van der Waals surface area contributed by atoms with Crippen molar-refractivity contribution < 1.29 is 4.74 Å². The van der Waals surface area contributed by atoms with E-state index in [4.69, 9.17) is 10.00 Å². The highest BCUT2D eigenvalue weighted by atomic mass is 16.5. The van der Waals surface area contributed by atoms with Gasteiger partial charge in [-0.05, 0) is 25.7 Å². The topological polar surface area (TPSA) is 50.8 Å². The average Bonchev–Trinajstić information content (AvgIpc) is 2.62. The first-order chi connectivity index (χ1) is 8.22. The average molecular weight is 233 g/mol. The quantitative estimate of drug-likeness (QED) is 0.806. The van der Waals surface area contributed by atoms with Crippen LogP contribution < -0.4 is 4.74 Å². The van der Waals surface area contributed by atoms with Gasteiger partial charge in [0.1, 0.15) is 11.6 Å². The van der Waals surface area contributed by atoms with Crippen LogP contribution in [0.4, 0.5) is 0 Å². The van der Waals surface area contributed by atoms with Crippen molar-refractivity contribution in [1.29, 1.82) is 5.26 Å². The van der Waals surface area contributed by atoms with Gasteiger partial charge in [0.2, 0.25) is 5.88 Å². The first-order valence-corrected chi connectivity index (χ1v) is 6.29. The van der Waals surface area contributed by atoms with Gasteiger partial charge in [-0.15, -0.1) is 0 Å². The van der Waals surface area contributed by atoms with Gasteiger partial charge in [-0.25, -0.2) is 4.68 Å². The second-order valence-electron chi connectivity index (χ2n) is 4.82. The first-order valence-electron chi connectivity index (χ1n) is 6.29. The summed E-state index contributed by atoms with van der Waals surface area (Å²) in [5, 5.41) is 13.3. The van der Waals surface area contributed by atoms with E-state index in [1.165, 1.54) is 32.1 Å². The van der Waals surface area contributed by atoms with Gasteiger partial charge < -0.3 is 4.74 Å². The molecule has 0 amide bonds. The molecule has 0 saturated heterocycles. The number of nitriles is 1. The molecule has 0 aromatic carbocycles. The van der Waals surface area contributed by atoms with Crippen molar-refractivity contribution in [3.05, 3.63) is 11.3 Å². The van der Waals surface area contributed by atoms with Crippen LogP contribution in [0.3, 0.4) is 0 Å². The van der Waals surface area contributed by atoms with Gasteiger partial charge in [-0.1, -0.05) is 19.3 Å². The summed E-state index contributed by atoms with van der Waals surface area (Å²) in [5.74, 6) is 1.26. The summed E-state index contributed by atoms with van der Waals surface area (Å²) in [6.45, 7) is 2.56.